The van der Waals surface area contributed by atoms with Gasteiger partial charge in [-0.2, -0.15) is 0 Å². The Bertz CT molecular complexity index is 603. The highest BCUT2D eigenvalue weighted by Gasteiger charge is 2.26. The molecule has 12 nitrogen and oxygen atoms in total. The molecule has 0 saturated carbocycles. The van der Waals surface area contributed by atoms with Crippen molar-refractivity contribution in [3.05, 3.63) is 18.2 Å². The SMILES string of the molecule is NCC(=O)NC[C@H](NC(=O)CN)C(=O)N[C@@H](Cc1cnc[nH]1)C(N)=O. The molecule has 10 N–H and O–H groups in total. The van der Waals surface area contributed by atoms with Crippen molar-refractivity contribution in [1.29, 1.82) is 0 Å². The molecule has 0 bridgehead atoms. The van der Waals surface area contributed by atoms with E-state index in [1.54, 1.807) is 0 Å². The van der Waals surface area contributed by atoms with Gasteiger partial charge in [0.2, 0.25) is 23.6 Å². The molecule has 0 saturated heterocycles. The average Bonchev–Trinajstić information content (AvgIpc) is 3.10. The first-order chi connectivity index (χ1) is 11.9. The molecule has 0 unspecified atom stereocenters. The number of carbonyl (C=O) groups is 4. The normalized spacial score (nSPS) is 12.7. The van der Waals surface area contributed by atoms with Gasteiger partial charge in [-0.25, -0.2) is 4.98 Å². The van der Waals surface area contributed by atoms with Crippen LogP contribution in [-0.2, 0) is 25.6 Å². The maximum absolute atomic E-state index is 12.4. The number of imidazole rings is 1. The molecule has 0 aromatic carbocycles. The van der Waals surface area contributed by atoms with E-state index in [1.165, 1.54) is 12.5 Å². The molecule has 25 heavy (non-hydrogen) atoms. The number of H-pyrrole nitrogens is 1. The van der Waals surface area contributed by atoms with Crippen molar-refractivity contribution < 1.29 is 19.2 Å². The summed E-state index contributed by atoms with van der Waals surface area (Å²) < 4.78 is 0. The molecular weight excluding hydrogens is 332 g/mol. The second-order valence-electron chi connectivity index (χ2n) is 5.08. The lowest BCUT2D eigenvalue weighted by Gasteiger charge is -2.21. The number of rotatable bonds is 10. The van der Waals surface area contributed by atoms with Crippen LogP contribution in [0.3, 0.4) is 0 Å². The Labute approximate surface area is 143 Å². The van der Waals surface area contributed by atoms with Crippen molar-refractivity contribution in [2.45, 2.75) is 18.5 Å². The molecule has 0 fully saturated rings. The summed E-state index contributed by atoms with van der Waals surface area (Å²) in [4.78, 5) is 53.2. The summed E-state index contributed by atoms with van der Waals surface area (Å²) in [6, 6.07) is -2.18. The van der Waals surface area contributed by atoms with Crippen LogP contribution in [0.2, 0.25) is 0 Å². The van der Waals surface area contributed by atoms with Crippen molar-refractivity contribution in [3.8, 4) is 0 Å². The number of nitrogens with one attached hydrogen (secondary N) is 4. The Hall–Kier alpha value is -2.99. The zero-order valence-electron chi connectivity index (χ0n) is 13.5. The molecule has 138 valence electrons. The molecule has 12 heteroatoms. The van der Waals surface area contributed by atoms with Gasteiger partial charge in [-0.3, -0.25) is 19.2 Å². The second-order valence-corrected chi connectivity index (χ2v) is 5.08. The molecule has 0 aliphatic heterocycles. The van der Waals surface area contributed by atoms with Gasteiger partial charge in [0, 0.05) is 24.9 Å². The van der Waals surface area contributed by atoms with Crippen LogP contribution in [0, 0.1) is 0 Å². The molecule has 1 aromatic heterocycles. The first-order valence-electron chi connectivity index (χ1n) is 7.40. The molecule has 0 aliphatic carbocycles. The summed E-state index contributed by atoms with van der Waals surface area (Å²) in [5.41, 5.74) is 16.3. The summed E-state index contributed by atoms with van der Waals surface area (Å²) in [6.07, 6.45) is 2.99. The van der Waals surface area contributed by atoms with Crippen LogP contribution in [0.25, 0.3) is 0 Å². The average molecular weight is 354 g/mol. The van der Waals surface area contributed by atoms with Crippen LogP contribution in [-0.4, -0.2) is 65.3 Å². The van der Waals surface area contributed by atoms with Gasteiger partial charge >= 0.3 is 0 Å². The van der Waals surface area contributed by atoms with E-state index in [4.69, 9.17) is 17.2 Å². The van der Waals surface area contributed by atoms with E-state index in [2.05, 4.69) is 25.9 Å². The van der Waals surface area contributed by atoms with Crippen molar-refractivity contribution >= 4 is 23.6 Å². The van der Waals surface area contributed by atoms with Gasteiger partial charge in [0.1, 0.15) is 12.1 Å². The minimum absolute atomic E-state index is 0.0911. The van der Waals surface area contributed by atoms with Crippen molar-refractivity contribution in [2.24, 2.45) is 17.2 Å². The van der Waals surface area contributed by atoms with E-state index in [0.717, 1.165) is 0 Å². The highest BCUT2D eigenvalue weighted by atomic mass is 16.2. The van der Waals surface area contributed by atoms with Crippen LogP contribution in [0.1, 0.15) is 5.69 Å². The highest BCUT2D eigenvalue weighted by Crippen LogP contribution is 1.99. The second kappa shape index (κ2) is 10.00. The van der Waals surface area contributed by atoms with Gasteiger partial charge in [-0.1, -0.05) is 0 Å². The largest absolute Gasteiger partial charge is 0.368 e. The Kier molecular flexibility index (Phi) is 8.02. The number of carbonyl (C=O) groups excluding carboxylic acids is 4. The molecule has 1 aromatic rings. The predicted octanol–water partition coefficient (Wildman–Crippen LogP) is -4.56. The number of primary amides is 1. The summed E-state index contributed by atoms with van der Waals surface area (Å²) in [7, 11) is 0. The van der Waals surface area contributed by atoms with E-state index in [0.29, 0.717) is 5.69 Å². The fraction of sp³-hybridized carbons (Fsp3) is 0.462. The first-order valence-corrected chi connectivity index (χ1v) is 7.40. The van der Waals surface area contributed by atoms with E-state index >= 15 is 0 Å². The van der Waals surface area contributed by atoms with E-state index in [1.807, 2.05) is 0 Å². The minimum atomic E-state index is -1.14. The molecule has 1 heterocycles. The number of nitrogens with zero attached hydrogens (tertiary/aromatic N) is 1. The van der Waals surface area contributed by atoms with Gasteiger partial charge in [-0.05, 0) is 0 Å². The highest BCUT2D eigenvalue weighted by molar-refractivity contribution is 5.92. The Morgan fingerprint density at radius 2 is 1.76 bits per heavy atom. The number of amides is 4. The Morgan fingerprint density at radius 1 is 1.08 bits per heavy atom. The summed E-state index contributed by atoms with van der Waals surface area (Å²) >= 11 is 0. The third-order valence-corrected chi connectivity index (χ3v) is 3.16. The van der Waals surface area contributed by atoms with Gasteiger partial charge in [0.05, 0.1) is 19.4 Å². The Balaban J connectivity index is 2.76. The van der Waals surface area contributed by atoms with Crippen molar-refractivity contribution in [3.63, 3.8) is 0 Å². The predicted molar refractivity (Wildman–Crippen MR) is 86.5 cm³/mol. The molecule has 4 amide bonds. The Morgan fingerprint density at radius 3 is 2.28 bits per heavy atom. The van der Waals surface area contributed by atoms with E-state index in [9.17, 15) is 19.2 Å². The number of nitrogens with two attached hydrogens (primary N) is 3. The molecule has 0 spiro atoms. The van der Waals surface area contributed by atoms with Crippen LogP contribution in [0.5, 0.6) is 0 Å². The number of hydrogen-bond acceptors (Lipinski definition) is 7. The summed E-state index contributed by atoms with van der Waals surface area (Å²) in [5.74, 6) is -2.59. The molecule has 0 radical (unpaired) electrons. The van der Waals surface area contributed by atoms with Crippen LogP contribution >= 0.6 is 0 Å². The first kappa shape index (κ1) is 20.1. The number of aromatic amines is 1. The topological polar surface area (TPSA) is 211 Å². The lowest BCUT2D eigenvalue weighted by atomic mass is 10.1. The number of hydrogen-bond donors (Lipinski definition) is 7. The zero-order chi connectivity index (χ0) is 18.8. The lowest BCUT2D eigenvalue weighted by molar-refractivity contribution is -0.131. The quantitative estimate of drug-likeness (QED) is 0.218. The third-order valence-electron chi connectivity index (χ3n) is 3.16. The molecular formula is C13H22N8O4. The van der Waals surface area contributed by atoms with Crippen molar-refractivity contribution in [1.82, 2.24) is 25.9 Å². The van der Waals surface area contributed by atoms with Crippen LogP contribution in [0.15, 0.2) is 12.5 Å². The van der Waals surface area contributed by atoms with Gasteiger partial charge in [0.25, 0.3) is 0 Å². The maximum atomic E-state index is 12.4. The van der Waals surface area contributed by atoms with Gasteiger partial charge in [-0.15, -0.1) is 0 Å². The van der Waals surface area contributed by atoms with Gasteiger partial charge < -0.3 is 38.1 Å². The fourth-order valence-electron chi connectivity index (χ4n) is 1.86. The van der Waals surface area contributed by atoms with E-state index < -0.39 is 35.7 Å². The maximum Gasteiger partial charge on any atom is 0.245 e. The molecule has 1 rings (SSSR count). The number of aromatic nitrogens is 2. The molecule has 2 atom stereocenters. The standard InChI is InChI=1S/C13H22N8O4/c14-2-10(22)18-5-9(20-11(23)3-15)13(25)21-8(12(16)24)1-7-4-17-6-19-7/h4,6,8-9H,1-3,5,14-15H2,(H2,16,24)(H,17,19)(H,18,22)(H,20,23)(H,21,25)/t8-,9-/m0/s1. The van der Waals surface area contributed by atoms with Crippen molar-refractivity contribution in [2.75, 3.05) is 19.6 Å². The van der Waals surface area contributed by atoms with E-state index in [-0.39, 0.29) is 26.1 Å². The lowest BCUT2D eigenvalue weighted by Crippen LogP contribution is -2.57. The smallest absolute Gasteiger partial charge is 0.245 e. The minimum Gasteiger partial charge on any atom is -0.368 e. The third kappa shape index (κ3) is 6.97. The zero-order valence-corrected chi connectivity index (χ0v) is 13.5. The molecule has 0 aliphatic rings. The van der Waals surface area contributed by atoms with Gasteiger partial charge in [0.15, 0.2) is 0 Å². The summed E-state index contributed by atoms with van der Waals surface area (Å²) in [6.45, 7) is -0.839. The fourth-order valence-corrected chi connectivity index (χ4v) is 1.86. The van der Waals surface area contributed by atoms with Crippen LogP contribution in [0.4, 0.5) is 0 Å². The summed E-state index contributed by atoms with van der Waals surface area (Å²) in [5, 5.41) is 7.15. The van der Waals surface area contributed by atoms with Crippen LogP contribution < -0.4 is 33.2 Å². The monoisotopic (exact) mass is 354 g/mol.